The fourth-order valence-electron chi connectivity index (χ4n) is 3.43. The van der Waals surface area contributed by atoms with Gasteiger partial charge in [0.1, 0.15) is 5.75 Å². The average Bonchev–Trinajstić information content (AvgIpc) is 2.49. The number of fused-ring (bicyclic) bond motifs is 3. The molecule has 5 heteroatoms. The molecule has 4 nitrogen and oxygen atoms in total. The maximum atomic E-state index is 9.32. The zero-order valence-electron chi connectivity index (χ0n) is 11.7. The Morgan fingerprint density at radius 3 is 2.65 bits per heavy atom. The minimum Gasteiger partial charge on any atom is -0.496 e. The van der Waals surface area contributed by atoms with Gasteiger partial charge in [-0.2, -0.15) is 0 Å². The second kappa shape index (κ2) is 6.46. The van der Waals surface area contributed by atoms with Gasteiger partial charge in [0.05, 0.1) is 18.9 Å². The van der Waals surface area contributed by atoms with Crippen LogP contribution in [0, 0.1) is 5.92 Å². The zero-order valence-corrected chi connectivity index (χ0v) is 12.5. The third-order valence-electron chi connectivity index (χ3n) is 4.45. The third kappa shape index (κ3) is 2.63. The molecule has 0 aromatic heterocycles. The molecule has 1 atom stereocenters. The van der Waals surface area contributed by atoms with E-state index in [-0.39, 0.29) is 18.4 Å². The van der Waals surface area contributed by atoms with Crippen LogP contribution in [-0.4, -0.2) is 42.1 Å². The highest BCUT2D eigenvalue weighted by molar-refractivity contribution is 5.93. The lowest BCUT2D eigenvalue weighted by Gasteiger charge is -2.45. The van der Waals surface area contributed by atoms with Gasteiger partial charge in [-0.05, 0) is 44.0 Å². The van der Waals surface area contributed by atoms with Crippen molar-refractivity contribution in [2.24, 2.45) is 11.1 Å². The van der Waals surface area contributed by atoms with Crippen LogP contribution in [0.1, 0.15) is 18.4 Å². The first kappa shape index (κ1) is 15.1. The molecule has 0 aliphatic carbocycles. The average molecular weight is 297 g/mol. The predicted octanol–water partition coefficient (Wildman–Crippen LogP) is 2.58. The topological polar surface area (TPSA) is 45.1 Å². The molecule has 3 aliphatic heterocycles. The first-order valence-electron chi connectivity index (χ1n) is 6.91. The van der Waals surface area contributed by atoms with Gasteiger partial charge in [0, 0.05) is 5.92 Å². The molecular weight excluding hydrogens is 276 g/mol. The molecule has 110 valence electrons. The van der Waals surface area contributed by atoms with Gasteiger partial charge < -0.3 is 9.94 Å². The molecule has 1 unspecified atom stereocenters. The van der Waals surface area contributed by atoms with Crippen LogP contribution >= 0.6 is 12.4 Å². The fourth-order valence-corrected chi connectivity index (χ4v) is 3.43. The molecule has 4 rings (SSSR count). The van der Waals surface area contributed by atoms with E-state index in [0.29, 0.717) is 5.92 Å². The first-order valence-corrected chi connectivity index (χ1v) is 6.91. The van der Waals surface area contributed by atoms with Crippen LogP contribution in [0.5, 0.6) is 5.75 Å². The van der Waals surface area contributed by atoms with Crippen LogP contribution in [0.3, 0.4) is 0 Å². The van der Waals surface area contributed by atoms with Gasteiger partial charge in [-0.3, -0.25) is 4.90 Å². The normalized spacial score (nSPS) is 30.1. The second-order valence-corrected chi connectivity index (χ2v) is 5.37. The maximum absolute atomic E-state index is 9.32. The summed E-state index contributed by atoms with van der Waals surface area (Å²) in [6, 6.07) is 8.33. The Bertz CT molecular complexity index is 485. The summed E-state index contributed by atoms with van der Waals surface area (Å²) in [5.41, 5.74) is 2.15. The van der Waals surface area contributed by atoms with E-state index < -0.39 is 0 Å². The molecule has 20 heavy (non-hydrogen) atoms. The summed E-state index contributed by atoms with van der Waals surface area (Å²) in [4.78, 5) is 2.43. The molecule has 3 heterocycles. The molecule has 2 bridgehead atoms. The lowest BCUT2D eigenvalue weighted by Crippen LogP contribution is -2.56. The SMILES string of the molecule is COc1ccccc1CC1/C(=N\O)C2CCN1CC2.Cl. The highest BCUT2D eigenvalue weighted by Crippen LogP contribution is 2.33. The fraction of sp³-hybridized carbons (Fsp3) is 0.533. The lowest BCUT2D eigenvalue weighted by atomic mass is 9.79. The monoisotopic (exact) mass is 296 g/mol. The van der Waals surface area contributed by atoms with Gasteiger partial charge in [-0.15, -0.1) is 12.4 Å². The van der Waals surface area contributed by atoms with Crippen molar-refractivity contribution in [3.63, 3.8) is 0 Å². The van der Waals surface area contributed by atoms with E-state index in [1.807, 2.05) is 18.2 Å². The minimum absolute atomic E-state index is 0. The van der Waals surface area contributed by atoms with Gasteiger partial charge in [0.2, 0.25) is 0 Å². The van der Waals surface area contributed by atoms with E-state index in [1.165, 1.54) is 5.56 Å². The number of halogens is 1. The van der Waals surface area contributed by atoms with Gasteiger partial charge in [0.15, 0.2) is 0 Å². The summed E-state index contributed by atoms with van der Waals surface area (Å²) < 4.78 is 5.41. The van der Waals surface area contributed by atoms with Crippen molar-refractivity contribution < 1.29 is 9.94 Å². The molecule has 1 aromatic carbocycles. The number of rotatable bonds is 3. The summed E-state index contributed by atoms with van der Waals surface area (Å²) in [6.07, 6.45) is 3.11. The van der Waals surface area contributed by atoms with Gasteiger partial charge in [-0.1, -0.05) is 23.4 Å². The van der Waals surface area contributed by atoms with Crippen LogP contribution in [0.4, 0.5) is 0 Å². The van der Waals surface area contributed by atoms with Crippen LogP contribution < -0.4 is 4.74 Å². The number of para-hydroxylation sites is 1. The number of hydrogen-bond donors (Lipinski definition) is 1. The van der Waals surface area contributed by atoms with Gasteiger partial charge in [-0.25, -0.2) is 0 Å². The smallest absolute Gasteiger partial charge is 0.122 e. The van der Waals surface area contributed by atoms with E-state index in [2.05, 4.69) is 16.1 Å². The van der Waals surface area contributed by atoms with E-state index in [4.69, 9.17) is 4.74 Å². The summed E-state index contributed by atoms with van der Waals surface area (Å²) in [6.45, 7) is 2.23. The van der Waals surface area contributed by atoms with E-state index in [1.54, 1.807) is 7.11 Å². The Labute approximate surface area is 125 Å². The summed E-state index contributed by atoms with van der Waals surface area (Å²) >= 11 is 0. The van der Waals surface area contributed by atoms with E-state index in [9.17, 15) is 5.21 Å². The summed E-state index contributed by atoms with van der Waals surface area (Å²) in [5, 5.41) is 12.9. The summed E-state index contributed by atoms with van der Waals surface area (Å²) in [7, 11) is 1.70. The van der Waals surface area contributed by atoms with Crippen molar-refractivity contribution in [1.29, 1.82) is 0 Å². The largest absolute Gasteiger partial charge is 0.496 e. The molecule has 0 amide bonds. The number of ether oxygens (including phenoxy) is 1. The Hall–Kier alpha value is -1.26. The lowest BCUT2D eigenvalue weighted by molar-refractivity contribution is 0.137. The first-order chi connectivity index (χ1) is 9.33. The van der Waals surface area contributed by atoms with Gasteiger partial charge in [0.25, 0.3) is 0 Å². The van der Waals surface area contributed by atoms with Crippen LogP contribution in [-0.2, 0) is 6.42 Å². The number of nitrogens with zero attached hydrogens (tertiary/aromatic N) is 2. The van der Waals surface area contributed by atoms with Crippen LogP contribution in [0.15, 0.2) is 29.4 Å². The van der Waals surface area contributed by atoms with E-state index in [0.717, 1.165) is 43.8 Å². The van der Waals surface area contributed by atoms with Crippen LogP contribution in [0.2, 0.25) is 0 Å². The van der Waals surface area contributed by atoms with Crippen molar-refractivity contribution in [2.75, 3.05) is 20.2 Å². The Morgan fingerprint density at radius 1 is 1.30 bits per heavy atom. The molecular formula is C15H21ClN2O2. The quantitative estimate of drug-likeness (QED) is 0.689. The van der Waals surface area contributed by atoms with Crippen molar-refractivity contribution in [2.45, 2.75) is 25.3 Å². The molecule has 0 spiro atoms. The van der Waals surface area contributed by atoms with Crippen molar-refractivity contribution in [3.05, 3.63) is 29.8 Å². The number of oxime groups is 1. The molecule has 1 aromatic rings. The molecule has 1 N–H and O–H groups in total. The van der Waals surface area contributed by atoms with Gasteiger partial charge >= 0.3 is 0 Å². The predicted molar refractivity (Wildman–Crippen MR) is 81.3 cm³/mol. The molecule has 3 fully saturated rings. The summed E-state index contributed by atoms with van der Waals surface area (Å²) in [5.74, 6) is 1.39. The third-order valence-corrected chi connectivity index (χ3v) is 4.45. The maximum Gasteiger partial charge on any atom is 0.122 e. The molecule has 3 saturated heterocycles. The molecule has 3 aliphatic rings. The Morgan fingerprint density at radius 2 is 2.00 bits per heavy atom. The Balaban J connectivity index is 0.00000147. The van der Waals surface area contributed by atoms with Crippen LogP contribution in [0.25, 0.3) is 0 Å². The molecule has 0 saturated carbocycles. The van der Waals surface area contributed by atoms with E-state index >= 15 is 0 Å². The van der Waals surface area contributed by atoms with Crippen molar-refractivity contribution >= 4 is 18.1 Å². The number of hydrogen-bond acceptors (Lipinski definition) is 4. The number of piperidine rings is 3. The second-order valence-electron chi connectivity index (χ2n) is 5.37. The number of methoxy groups -OCH3 is 1. The number of benzene rings is 1. The highest BCUT2D eigenvalue weighted by Gasteiger charge is 2.39. The Kier molecular flexibility index (Phi) is 4.89. The van der Waals surface area contributed by atoms with Crippen molar-refractivity contribution in [1.82, 2.24) is 4.90 Å². The highest BCUT2D eigenvalue weighted by atomic mass is 35.5. The standard InChI is InChI=1S/C15H20N2O2.ClH/c1-19-14-5-3-2-4-12(14)10-13-15(16-18)11-6-8-17(13)9-7-11;/h2-5,11,13,18H,6-10H2,1H3;1H/b16-15-;. The van der Waals surface area contributed by atoms with Crippen molar-refractivity contribution in [3.8, 4) is 5.75 Å². The zero-order chi connectivity index (χ0) is 13.2. The molecule has 0 radical (unpaired) electrons. The minimum atomic E-state index is 0.